The number of carbonyl (C=O) groups excluding carboxylic acids is 2. The van der Waals surface area contributed by atoms with Gasteiger partial charge in [0.2, 0.25) is 0 Å². The van der Waals surface area contributed by atoms with E-state index in [0.717, 1.165) is 12.1 Å². The third-order valence-electron chi connectivity index (χ3n) is 3.13. The van der Waals surface area contributed by atoms with Crippen LogP contribution in [0.2, 0.25) is 0 Å². The molecule has 28 heavy (non-hydrogen) atoms. The maximum Gasteiger partial charge on any atom is 0.377 e. The van der Waals surface area contributed by atoms with Crippen LogP contribution in [0.1, 0.15) is 41.4 Å². The van der Waals surface area contributed by atoms with Crippen molar-refractivity contribution in [3.63, 3.8) is 0 Å². The van der Waals surface area contributed by atoms with Crippen LogP contribution in [0.4, 0.5) is 0 Å². The van der Waals surface area contributed by atoms with Gasteiger partial charge in [-0.2, -0.15) is 0 Å². The van der Waals surface area contributed by atoms with Crippen LogP contribution in [-0.4, -0.2) is 55.9 Å². The summed E-state index contributed by atoms with van der Waals surface area (Å²) in [5, 5.41) is 33.9. The molecule has 144 valence electrons. The van der Waals surface area contributed by atoms with Crippen LogP contribution >= 0.6 is 0 Å². The number of carboxylic acid groups (broad SMARTS) is 4. The first kappa shape index (κ1) is 21.7. The molecule has 0 aromatic heterocycles. The Morgan fingerprint density at radius 2 is 0.786 bits per heavy atom. The van der Waals surface area contributed by atoms with E-state index >= 15 is 0 Å². The molecular formula is C18H12O10. The molecule has 0 aliphatic heterocycles. The Hall–Kier alpha value is -4.34. The number of benzene rings is 2. The summed E-state index contributed by atoms with van der Waals surface area (Å²) < 4.78 is 0. The highest BCUT2D eigenvalue weighted by atomic mass is 16.4. The third-order valence-corrected chi connectivity index (χ3v) is 3.13. The number of rotatable bonds is 6. The molecule has 0 heterocycles. The normalized spacial score (nSPS) is 9.43. The lowest BCUT2D eigenvalue weighted by Gasteiger charge is -1.97. The van der Waals surface area contributed by atoms with E-state index in [-0.39, 0.29) is 22.3 Å². The highest BCUT2D eigenvalue weighted by Crippen LogP contribution is 2.07. The maximum atomic E-state index is 10.9. The van der Waals surface area contributed by atoms with Gasteiger partial charge < -0.3 is 20.4 Å². The Bertz CT molecular complexity index is 894. The van der Waals surface area contributed by atoms with Gasteiger partial charge in [0.1, 0.15) is 0 Å². The number of hydrogen-bond donors (Lipinski definition) is 4. The van der Waals surface area contributed by atoms with Crippen molar-refractivity contribution in [2.75, 3.05) is 0 Å². The number of carbonyl (C=O) groups is 6. The average Bonchev–Trinajstić information content (AvgIpc) is 2.67. The first-order chi connectivity index (χ1) is 13.0. The number of aliphatic carboxylic acids is 2. The fourth-order valence-corrected chi connectivity index (χ4v) is 1.83. The minimum absolute atomic E-state index is 0.114. The zero-order chi connectivity index (χ0) is 21.4. The van der Waals surface area contributed by atoms with Crippen molar-refractivity contribution in [3.8, 4) is 0 Å². The number of aromatic carboxylic acids is 2. The summed E-state index contributed by atoms with van der Waals surface area (Å²) in [6.07, 6.45) is 0. The number of hydrogen-bond acceptors (Lipinski definition) is 6. The SMILES string of the molecule is O=C(O)C(=O)c1cccc(C(=O)O)c1.O=C(O)C(=O)c1cccc(C(=O)O)c1. The summed E-state index contributed by atoms with van der Waals surface area (Å²) in [7, 11) is 0. The minimum atomic E-state index is -1.60. The lowest BCUT2D eigenvalue weighted by molar-refractivity contribution is -0.132. The largest absolute Gasteiger partial charge is 0.478 e. The Kier molecular flexibility index (Phi) is 7.27. The van der Waals surface area contributed by atoms with E-state index < -0.39 is 35.4 Å². The molecule has 0 radical (unpaired) electrons. The summed E-state index contributed by atoms with van der Waals surface area (Å²) in [4.78, 5) is 63.4. The van der Waals surface area contributed by atoms with Crippen molar-refractivity contribution in [1.29, 1.82) is 0 Å². The van der Waals surface area contributed by atoms with Crippen molar-refractivity contribution < 1.29 is 49.2 Å². The fraction of sp³-hybridized carbons (Fsp3) is 0. The van der Waals surface area contributed by atoms with Gasteiger partial charge in [-0.1, -0.05) is 24.3 Å². The molecule has 0 aliphatic carbocycles. The van der Waals surface area contributed by atoms with Gasteiger partial charge in [-0.05, 0) is 24.3 Å². The summed E-state index contributed by atoms with van der Waals surface area (Å²) in [5.74, 6) is -7.85. The van der Waals surface area contributed by atoms with Crippen LogP contribution in [0.3, 0.4) is 0 Å². The molecule has 2 aromatic carbocycles. The van der Waals surface area contributed by atoms with Crippen molar-refractivity contribution >= 4 is 35.4 Å². The Labute approximate surface area is 156 Å². The smallest absolute Gasteiger partial charge is 0.377 e. The second-order valence-electron chi connectivity index (χ2n) is 5.04. The van der Waals surface area contributed by atoms with Crippen LogP contribution < -0.4 is 0 Å². The summed E-state index contributed by atoms with van der Waals surface area (Å²) >= 11 is 0. The zero-order valence-corrected chi connectivity index (χ0v) is 13.9. The molecule has 0 fully saturated rings. The second kappa shape index (κ2) is 9.38. The van der Waals surface area contributed by atoms with E-state index in [1.807, 2.05) is 0 Å². The molecule has 2 rings (SSSR count). The number of carboxylic acids is 4. The number of Topliss-reactive ketones (excluding diaryl/α,β-unsaturated/α-hetero) is 2. The Balaban J connectivity index is 0.000000280. The summed E-state index contributed by atoms with van der Waals surface area (Å²) in [5.41, 5.74) is -0.510. The van der Waals surface area contributed by atoms with Gasteiger partial charge >= 0.3 is 23.9 Å². The van der Waals surface area contributed by atoms with Gasteiger partial charge in [-0.25, -0.2) is 19.2 Å². The van der Waals surface area contributed by atoms with Crippen LogP contribution in [0.5, 0.6) is 0 Å². The van der Waals surface area contributed by atoms with Gasteiger partial charge in [0.15, 0.2) is 0 Å². The molecule has 0 amide bonds. The van der Waals surface area contributed by atoms with E-state index in [1.54, 1.807) is 0 Å². The lowest BCUT2D eigenvalue weighted by atomic mass is 10.1. The maximum absolute atomic E-state index is 10.9. The van der Waals surface area contributed by atoms with Crippen LogP contribution in [-0.2, 0) is 9.59 Å². The summed E-state index contributed by atoms with van der Waals surface area (Å²) in [6.45, 7) is 0. The molecule has 0 saturated carbocycles. The standard InChI is InChI=1S/2C9H6O5/c2*10-7(9(13)14)5-2-1-3-6(4-5)8(11)12/h2*1-4H,(H,11,12)(H,13,14). The van der Waals surface area contributed by atoms with Crippen molar-refractivity contribution in [2.24, 2.45) is 0 Å². The Morgan fingerprint density at radius 1 is 0.500 bits per heavy atom. The van der Waals surface area contributed by atoms with E-state index in [9.17, 15) is 28.8 Å². The molecular weight excluding hydrogens is 376 g/mol. The van der Waals surface area contributed by atoms with Crippen LogP contribution in [0.15, 0.2) is 48.5 Å². The molecule has 0 spiro atoms. The quantitative estimate of drug-likeness (QED) is 0.415. The lowest BCUT2D eigenvalue weighted by Crippen LogP contribution is -2.13. The molecule has 0 unspecified atom stereocenters. The minimum Gasteiger partial charge on any atom is -0.478 e. The van der Waals surface area contributed by atoms with Crippen molar-refractivity contribution in [3.05, 3.63) is 70.8 Å². The monoisotopic (exact) mass is 388 g/mol. The van der Waals surface area contributed by atoms with Gasteiger partial charge in [0.25, 0.3) is 11.6 Å². The highest BCUT2D eigenvalue weighted by molar-refractivity contribution is 6.40. The highest BCUT2D eigenvalue weighted by Gasteiger charge is 2.16. The van der Waals surface area contributed by atoms with Gasteiger partial charge in [-0.15, -0.1) is 0 Å². The molecule has 0 aliphatic rings. The van der Waals surface area contributed by atoms with E-state index in [0.29, 0.717) is 0 Å². The van der Waals surface area contributed by atoms with Crippen LogP contribution in [0.25, 0.3) is 0 Å². The molecule has 10 heteroatoms. The first-order valence-electron chi connectivity index (χ1n) is 7.26. The van der Waals surface area contributed by atoms with Crippen molar-refractivity contribution in [2.45, 2.75) is 0 Å². The molecule has 2 aromatic rings. The molecule has 4 N–H and O–H groups in total. The molecule has 0 atom stereocenters. The molecule has 0 bridgehead atoms. The fourth-order valence-electron chi connectivity index (χ4n) is 1.83. The predicted octanol–water partition coefficient (Wildman–Crippen LogP) is 1.30. The summed E-state index contributed by atoms with van der Waals surface area (Å²) in [6, 6.07) is 9.75. The molecule has 10 nitrogen and oxygen atoms in total. The third kappa shape index (κ3) is 5.88. The topological polar surface area (TPSA) is 183 Å². The van der Waals surface area contributed by atoms with Crippen LogP contribution in [0, 0.1) is 0 Å². The predicted molar refractivity (Wildman–Crippen MR) is 90.7 cm³/mol. The van der Waals surface area contributed by atoms with E-state index in [1.165, 1.54) is 36.4 Å². The first-order valence-corrected chi connectivity index (χ1v) is 7.26. The zero-order valence-electron chi connectivity index (χ0n) is 13.9. The second-order valence-corrected chi connectivity index (χ2v) is 5.04. The Morgan fingerprint density at radius 3 is 1.04 bits per heavy atom. The van der Waals surface area contributed by atoms with E-state index in [2.05, 4.69) is 0 Å². The molecule has 0 saturated heterocycles. The van der Waals surface area contributed by atoms with Gasteiger partial charge in [0, 0.05) is 11.1 Å². The average molecular weight is 388 g/mol. The van der Waals surface area contributed by atoms with Crippen molar-refractivity contribution in [1.82, 2.24) is 0 Å². The van der Waals surface area contributed by atoms with Gasteiger partial charge in [-0.3, -0.25) is 9.59 Å². The van der Waals surface area contributed by atoms with Gasteiger partial charge in [0.05, 0.1) is 11.1 Å². The van der Waals surface area contributed by atoms with E-state index in [4.69, 9.17) is 20.4 Å². The number of ketones is 2.